The minimum absolute atomic E-state index is 0.0708. The van der Waals surface area contributed by atoms with E-state index in [-0.39, 0.29) is 37.6 Å². The molecule has 1 saturated heterocycles. The molecule has 3 rings (SSSR count). The van der Waals surface area contributed by atoms with E-state index in [4.69, 9.17) is 11.5 Å². The lowest BCUT2D eigenvalue weighted by atomic mass is 9.94. The van der Waals surface area contributed by atoms with Gasteiger partial charge in [-0.25, -0.2) is 4.98 Å². The Morgan fingerprint density at radius 1 is 1.11 bits per heavy atom. The first kappa shape index (κ1) is 28.2. The number of nitrogen functional groups attached to an aromatic ring is 1. The molecule has 1 aromatic heterocycles. The number of anilines is 1. The van der Waals surface area contributed by atoms with Crippen LogP contribution in [0.2, 0.25) is 0 Å². The molecule has 7 nitrogen and oxygen atoms in total. The van der Waals surface area contributed by atoms with Crippen molar-refractivity contribution in [2.45, 2.75) is 57.7 Å². The van der Waals surface area contributed by atoms with Crippen LogP contribution in [0.3, 0.4) is 0 Å². The van der Waals surface area contributed by atoms with Gasteiger partial charge in [0.15, 0.2) is 0 Å². The van der Waals surface area contributed by atoms with Crippen LogP contribution in [0.4, 0.5) is 32.2 Å². The molecule has 13 heteroatoms. The van der Waals surface area contributed by atoms with Crippen LogP contribution in [-0.4, -0.2) is 40.3 Å². The van der Waals surface area contributed by atoms with Crippen LogP contribution in [0, 0.1) is 12.8 Å². The van der Waals surface area contributed by atoms with E-state index in [0.717, 1.165) is 5.56 Å². The maximum atomic E-state index is 13.2. The molecule has 3 atom stereocenters. The van der Waals surface area contributed by atoms with E-state index in [1.807, 2.05) is 0 Å². The van der Waals surface area contributed by atoms with Crippen LogP contribution in [0.1, 0.15) is 41.3 Å². The summed E-state index contributed by atoms with van der Waals surface area (Å²) in [4.78, 5) is 30.6. The Morgan fingerprint density at radius 3 is 2.22 bits per heavy atom. The van der Waals surface area contributed by atoms with Gasteiger partial charge >= 0.3 is 12.4 Å². The average Bonchev–Trinajstić information content (AvgIpc) is 3.20. The first-order valence-electron chi connectivity index (χ1n) is 11.4. The van der Waals surface area contributed by atoms with E-state index in [2.05, 4.69) is 10.3 Å². The summed E-state index contributed by atoms with van der Waals surface area (Å²) < 4.78 is 79.3. The molecule has 37 heavy (non-hydrogen) atoms. The Morgan fingerprint density at radius 2 is 1.70 bits per heavy atom. The molecule has 1 fully saturated rings. The minimum Gasteiger partial charge on any atom is -0.384 e. The number of pyridine rings is 1. The first-order chi connectivity index (χ1) is 17.1. The van der Waals surface area contributed by atoms with Crippen molar-refractivity contribution < 1.29 is 35.9 Å². The van der Waals surface area contributed by atoms with Crippen LogP contribution in [0.5, 0.6) is 0 Å². The summed E-state index contributed by atoms with van der Waals surface area (Å²) in [5, 5.41) is 2.74. The number of nitrogens with one attached hydrogen (secondary N) is 1. The van der Waals surface area contributed by atoms with Crippen LogP contribution in [-0.2, 0) is 34.9 Å². The molecule has 0 bridgehead atoms. The van der Waals surface area contributed by atoms with Gasteiger partial charge < -0.3 is 16.8 Å². The van der Waals surface area contributed by atoms with Crippen LogP contribution >= 0.6 is 0 Å². The van der Waals surface area contributed by atoms with Gasteiger partial charge in [0, 0.05) is 18.8 Å². The number of carbonyl (C=O) groups is 2. The molecule has 0 saturated carbocycles. The van der Waals surface area contributed by atoms with Crippen molar-refractivity contribution in [2.24, 2.45) is 11.7 Å². The number of amides is 2. The molecule has 2 unspecified atom stereocenters. The number of carbonyl (C=O) groups excluding carboxylic acids is 2. The third-order valence-electron chi connectivity index (χ3n) is 6.47. The van der Waals surface area contributed by atoms with Gasteiger partial charge in [0.05, 0.1) is 23.2 Å². The van der Waals surface area contributed by atoms with E-state index in [1.165, 1.54) is 4.90 Å². The summed E-state index contributed by atoms with van der Waals surface area (Å²) in [5.74, 6) is -1.33. The third-order valence-corrected chi connectivity index (χ3v) is 6.47. The van der Waals surface area contributed by atoms with Gasteiger partial charge in [-0.05, 0) is 68.0 Å². The zero-order valence-corrected chi connectivity index (χ0v) is 20.1. The fraction of sp³-hybridized carbons (Fsp3) is 0.458. The number of aromatic nitrogens is 1. The molecule has 0 spiro atoms. The van der Waals surface area contributed by atoms with E-state index < -0.39 is 53.3 Å². The number of benzene rings is 1. The Hall–Kier alpha value is -3.35. The Labute approximate surface area is 209 Å². The highest BCUT2D eigenvalue weighted by Gasteiger charge is 2.41. The highest BCUT2D eigenvalue weighted by atomic mass is 19.4. The standard InChI is InChI=1S/C24H27F6N5O2/c1-12-16(3-4-20(31)34-12)10-33-22(37)13(2)35-11-15(8-19(35)21(32)36)5-14-6-17(23(25,26)27)9-18(7-14)24(28,29)30/h3-4,6-7,9,13,15,19H,5,8,10-11H2,1-2H3,(H2,31,34)(H2,32,36)(H,33,37)/t13-,15?,19?/m0/s1. The number of primary amides is 1. The van der Waals surface area contributed by atoms with E-state index in [0.29, 0.717) is 23.6 Å². The molecule has 0 radical (unpaired) electrons. The largest absolute Gasteiger partial charge is 0.416 e. The summed E-state index contributed by atoms with van der Waals surface area (Å²) in [7, 11) is 0. The number of rotatable bonds is 7. The highest BCUT2D eigenvalue weighted by molar-refractivity contribution is 5.84. The second-order valence-corrected chi connectivity index (χ2v) is 9.21. The zero-order chi connectivity index (χ0) is 27.7. The summed E-state index contributed by atoms with van der Waals surface area (Å²) in [6.45, 7) is 3.51. The second kappa shape index (κ2) is 10.6. The molecule has 202 valence electrons. The second-order valence-electron chi connectivity index (χ2n) is 9.21. The number of likely N-dealkylation sites (tertiary alicyclic amines) is 1. The number of hydrogen-bond acceptors (Lipinski definition) is 5. The van der Waals surface area contributed by atoms with Gasteiger partial charge in [-0.3, -0.25) is 14.5 Å². The van der Waals surface area contributed by atoms with Gasteiger partial charge in [-0.1, -0.05) is 6.07 Å². The number of aryl methyl sites for hydroxylation is 1. The fourth-order valence-electron chi connectivity index (χ4n) is 4.55. The summed E-state index contributed by atoms with van der Waals surface area (Å²) in [5.41, 5.74) is 9.52. The minimum atomic E-state index is -4.96. The maximum Gasteiger partial charge on any atom is 0.416 e. The summed E-state index contributed by atoms with van der Waals surface area (Å²) >= 11 is 0. The van der Waals surface area contributed by atoms with Crippen molar-refractivity contribution in [1.29, 1.82) is 0 Å². The van der Waals surface area contributed by atoms with Gasteiger partial charge in [0.1, 0.15) is 5.82 Å². The van der Waals surface area contributed by atoms with Crippen LogP contribution < -0.4 is 16.8 Å². The van der Waals surface area contributed by atoms with Crippen molar-refractivity contribution in [3.8, 4) is 0 Å². The molecular weight excluding hydrogens is 504 g/mol. The topological polar surface area (TPSA) is 114 Å². The number of nitrogens with zero attached hydrogens (tertiary/aromatic N) is 2. The lowest BCUT2D eigenvalue weighted by molar-refractivity contribution is -0.143. The van der Waals surface area contributed by atoms with Crippen molar-refractivity contribution in [1.82, 2.24) is 15.2 Å². The lowest BCUT2D eigenvalue weighted by Crippen LogP contribution is -2.51. The van der Waals surface area contributed by atoms with Gasteiger partial charge in [0.25, 0.3) is 0 Å². The monoisotopic (exact) mass is 531 g/mol. The van der Waals surface area contributed by atoms with Gasteiger partial charge in [-0.15, -0.1) is 0 Å². The third kappa shape index (κ3) is 6.90. The molecule has 2 aromatic rings. The lowest BCUT2D eigenvalue weighted by Gasteiger charge is -2.28. The van der Waals surface area contributed by atoms with Crippen molar-refractivity contribution in [3.05, 3.63) is 58.3 Å². The molecule has 0 aliphatic carbocycles. The normalized spacial score (nSPS) is 19.6. The van der Waals surface area contributed by atoms with E-state index in [1.54, 1.807) is 26.0 Å². The summed E-state index contributed by atoms with van der Waals surface area (Å²) in [6, 6.07) is 2.98. The van der Waals surface area contributed by atoms with E-state index >= 15 is 0 Å². The van der Waals surface area contributed by atoms with Gasteiger partial charge in [-0.2, -0.15) is 26.3 Å². The molecule has 1 aliphatic heterocycles. The molecule has 2 heterocycles. The molecule has 1 aliphatic rings. The highest BCUT2D eigenvalue weighted by Crippen LogP contribution is 2.37. The van der Waals surface area contributed by atoms with Crippen molar-refractivity contribution in [3.63, 3.8) is 0 Å². The Kier molecular flexibility index (Phi) is 8.06. The fourth-order valence-corrected chi connectivity index (χ4v) is 4.55. The first-order valence-corrected chi connectivity index (χ1v) is 11.4. The summed E-state index contributed by atoms with van der Waals surface area (Å²) in [6.07, 6.45) is -9.99. The quantitative estimate of drug-likeness (QED) is 0.474. The Bertz CT molecular complexity index is 1140. The molecule has 1 aromatic carbocycles. The zero-order valence-electron chi connectivity index (χ0n) is 20.1. The van der Waals surface area contributed by atoms with Crippen molar-refractivity contribution >= 4 is 17.6 Å². The number of alkyl halides is 6. The predicted molar refractivity (Wildman–Crippen MR) is 123 cm³/mol. The smallest absolute Gasteiger partial charge is 0.384 e. The van der Waals surface area contributed by atoms with Gasteiger partial charge in [0.2, 0.25) is 11.8 Å². The molecule has 5 N–H and O–H groups in total. The van der Waals surface area contributed by atoms with Crippen LogP contribution in [0.15, 0.2) is 30.3 Å². The number of halogens is 6. The number of hydrogen-bond donors (Lipinski definition) is 3. The van der Waals surface area contributed by atoms with Crippen LogP contribution in [0.25, 0.3) is 0 Å². The average molecular weight is 532 g/mol. The predicted octanol–water partition coefficient (Wildman–Crippen LogP) is 3.43. The van der Waals surface area contributed by atoms with Crippen molar-refractivity contribution in [2.75, 3.05) is 12.3 Å². The SMILES string of the molecule is Cc1nc(N)ccc1CNC(=O)[C@H](C)N1CC(Cc2cc(C(F)(F)F)cc(C(F)(F)F)c2)CC1C(N)=O. The molecular formula is C24H27F6N5O2. The number of nitrogens with two attached hydrogens (primary N) is 2. The molecule has 2 amide bonds. The maximum absolute atomic E-state index is 13.2. The van der Waals surface area contributed by atoms with E-state index in [9.17, 15) is 35.9 Å². The Balaban J connectivity index is 1.75.